The molecule has 0 radical (unpaired) electrons. The van der Waals surface area contributed by atoms with Crippen molar-refractivity contribution >= 4 is 33.6 Å². The molecule has 0 aliphatic heterocycles. The van der Waals surface area contributed by atoms with Crippen LogP contribution in [-0.2, 0) is 6.54 Å². The highest BCUT2D eigenvalue weighted by molar-refractivity contribution is 7.09. The minimum absolute atomic E-state index is 0.362. The number of halogens is 1. The molecule has 0 saturated heterocycles. The molecule has 3 rings (SSSR count). The van der Waals surface area contributed by atoms with E-state index in [1.807, 2.05) is 18.4 Å². The molecule has 3 aromatic rings. The summed E-state index contributed by atoms with van der Waals surface area (Å²) in [5.41, 5.74) is 7.99. The summed E-state index contributed by atoms with van der Waals surface area (Å²) in [4.78, 5) is 8.56. The van der Waals surface area contributed by atoms with Crippen molar-refractivity contribution in [1.29, 1.82) is 0 Å². The van der Waals surface area contributed by atoms with Gasteiger partial charge in [0.15, 0.2) is 5.82 Å². The maximum absolute atomic E-state index is 14.1. The van der Waals surface area contributed by atoms with Gasteiger partial charge in [-0.3, -0.25) is 4.98 Å². The Bertz CT molecular complexity index is 769. The molecule has 0 amide bonds. The molecule has 4 nitrogen and oxygen atoms in total. The third-order valence-corrected chi connectivity index (χ3v) is 3.81. The van der Waals surface area contributed by atoms with E-state index in [9.17, 15) is 4.39 Å². The molecular formula is C14H13FN4S. The Morgan fingerprint density at radius 2 is 2.30 bits per heavy atom. The van der Waals surface area contributed by atoms with Crippen LogP contribution in [0.4, 0.5) is 15.8 Å². The van der Waals surface area contributed by atoms with Crippen molar-refractivity contribution in [3.8, 4) is 0 Å². The zero-order chi connectivity index (χ0) is 14.1. The van der Waals surface area contributed by atoms with E-state index in [4.69, 9.17) is 5.73 Å². The second-order valence-electron chi connectivity index (χ2n) is 4.43. The number of nitrogens with two attached hydrogens (primary N) is 1. The van der Waals surface area contributed by atoms with Gasteiger partial charge in [0.25, 0.3) is 0 Å². The van der Waals surface area contributed by atoms with E-state index in [1.165, 1.54) is 6.07 Å². The first-order valence-corrected chi connectivity index (χ1v) is 7.00. The van der Waals surface area contributed by atoms with E-state index >= 15 is 0 Å². The molecule has 0 saturated carbocycles. The minimum atomic E-state index is -0.402. The number of nitrogens with one attached hydrogen (secondary N) is 1. The number of pyridine rings is 1. The monoisotopic (exact) mass is 288 g/mol. The molecule has 3 N–H and O–H groups in total. The summed E-state index contributed by atoms with van der Waals surface area (Å²) >= 11 is 1.57. The molecule has 6 heteroatoms. The topological polar surface area (TPSA) is 63.8 Å². The van der Waals surface area contributed by atoms with Gasteiger partial charge in [0, 0.05) is 22.7 Å². The van der Waals surface area contributed by atoms with Crippen molar-refractivity contribution in [3.05, 3.63) is 46.3 Å². The van der Waals surface area contributed by atoms with Crippen LogP contribution in [0, 0.1) is 12.7 Å². The molecule has 0 bridgehead atoms. The van der Waals surface area contributed by atoms with Crippen molar-refractivity contribution in [3.63, 3.8) is 0 Å². The number of thiazole rings is 1. The predicted molar refractivity (Wildman–Crippen MR) is 80.3 cm³/mol. The normalized spacial score (nSPS) is 10.9. The lowest BCUT2D eigenvalue weighted by Gasteiger charge is -2.11. The van der Waals surface area contributed by atoms with Gasteiger partial charge in [-0.1, -0.05) is 0 Å². The lowest BCUT2D eigenvalue weighted by Crippen LogP contribution is -2.04. The van der Waals surface area contributed by atoms with Crippen molar-refractivity contribution in [2.45, 2.75) is 13.5 Å². The first kappa shape index (κ1) is 12.8. The molecule has 102 valence electrons. The van der Waals surface area contributed by atoms with Gasteiger partial charge in [-0.2, -0.15) is 0 Å². The first-order valence-electron chi connectivity index (χ1n) is 6.12. The van der Waals surface area contributed by atoms with Gasteiger partial charge in [0.2, 0.25) is 0 Å². The molecule has 0 unspecified atom stereocenters. The number of rotatable bonds is 3. The molecule has 2 aromatic heterocycles. The fourth-order valence-corrected chi connectivity index (χ4v) is 2.69. The number of aromatic nitrogens is 2. The van der Waals surface area contributed by atoms with Crippen LogP contribution in [-0.4, -0.2) is 9.97 Å². The number of nitrogen functional groups attached to an aromatic ring is 1. The lowest BCUT2D eigenvalue weighted by molar-refractivity contribution is 0.632. The van der Waals surface area contributed by atoms with Crippen LogP contribution in [0.1, 0.15) is 10.7 Å². The molecule has 0 aliphatic carbocycles. The van der Waals surface area contributed by atoms with Crippen LogP contribution in [0.15, 0.2) is 29.8 Å². The van der Waals surface area contributed by atoms with Crippen LogP contribution in [0.2, 0.25) is 0 Å². The van der Waals surface area contributed by atoms with E-state index in [0.717, 1.165) is 16.1 Å². The van der Waals surface area contributed by atoms with E-state index < -0.39 is 5.82 Å². The van der Waals surface area contributed by atoms with Crippen LogP contribution >= 0.6 is 11.3 Å². The number of benzene rings is 1. The Kier molecular flexibility index (Phi) is 3.23. The average Bonchev–Trinajstić information content (AvgIpc) is 2.84. The third-order valence-electron chi connectivity index (χ3n) is 2.99. The van der Waals surface area contributed by atoms with E-state index in [-0.39, 0.29) is 0 Å². The highest BCUT2D eigenvalue weighted by atomic mass is 32.1. The fraction of sp³-hybridized carbons (Fsp3) is 0.143. The van der Waals surface area contributed by atoms with Crippen molar-refractivity contribution in [2.24, 2.45) is 0 Å². The maximum atomic E-state index is 14.1. The average molecular weight is 288 g/mol. The SMILES string of the molecule is Cc1nc(CNc2c(F)cc(N)c3cccnc23)cs1. The maximum Gasteiger partial charge on any atom is 0.150 e. The largest absolute Gasteiger partial charge is 0.398 e. The Hall–Kier alpha value is -2.21. The molecule has 0 aliphatic rings. The van der Waals surface area contributed by atoms with Crippen LogP contribution < -0.4 is 11.1 Å². The highest BCUT2D eigenvalue weighted by Gasteiger charge is 2.12. The Balaban J connectivity index is 1.98. The van der Waals surface area contributed by atoms with Gasteiger partial charge in [-0.15, -0.1) is 11.3 Å². The van der Waals surface area contributed by atoms with Gasteiger partial charge in [0.05, 0.1) is 28.5 Å². The number of hydrogen-bond donors (Lipinski definition) is 2. The summed E-state index contributed by atoms with van der Waals surface area (Å²) in [5, 5.41) is 6.75. The zero-order valence-electron chi connectivity index (χ0n) is 10.9. The molecule has 0 spiro atoms. The number of aryl methyl sites for hydroxylation is 1. The summed E-state index contributed by atoms with van der Waals surface area (Å²) in [6.45, 7) is 2.39. The van der Waals surface area contributed by atoms with E-state index in [0.29, 0.717) is 23.4 Å². The summed E-state index contributed by atoms with van der Waals surface area (Å²) in [6.07, 6.45) is 1.62. The standard InChI is InChI=1S/C14H13FN4S/c1-8-19-9(7-20-8)6-18-14-11(15)5-12(16)10-3-2-4-17-13(10)14/h2-5,7,18H,6,16H2,1H3. The van der Waals surface area contributed by atoms with Gasteiger partial charge in [-0.25, -0.2) is 9.37 Å². The van der Waals surface area contributed by atoms with Gasteiger partial charge in [-0.05, 0) is 25.1 Å². The highest BCUT2D eigenvalue weighted by Crippen LogP contribution is 2.29. The van der Waals surface area contributed by atoms with Crippen LogP contribution in [0.5, 0.6) is 0 Å². The van der Waals surface area contributed by atoms with Crippen molar-refractivity contribution in [2.75, 3.05) is 11.1 Å². The predicted octanol–water partition coefficient (Wildman–Crippen LogP) is 3.33. The van der Waals surface area contributed by atoms with Gasteiger partial charge < -0.3 is 11.1 Å². The third kappa shape index (κ3) is 2.30. The van der Waals surface area contributed by atoms with Gasteiger partial charge in [0.1, 0.15) is 0 Å². The molecular weight excluding hydrogens is 275 g/mol. The number of anilines is 2. The summed E-state index contributed by atoms with van der Waals surface area (Å²) in [5.74, 6) is -0.402. The molecule has 20 heavy (non-hydrogen) atoms. The fourth-order valence-electron chi connectivity index (χ4n) is 2.07. The summed E-state index contributed by atoms with van der Waals surface area (Å²) in [6, 6.07) is 4.93. The number of hydrogen-bond acceptors (Lipinski definition) is 5. The molecule has 0 fully saturated rings. The molecule has 0 atom stereocenters. The Morgan fingerprint density at radius 1 is 1.45 bits per heavy atom. The zero-order valence-corrected chi connectivity index (χ0v) is 11.7. The first-order chi connectivity index (χ1) is 9.65. The van der Waals surface area contributed by atoms with Crippen molar-refractivity contribution in [1.82, 2.24) is 9.97 Å². The number of fused-ring (bicyclic) bond motifs is 1. The molecule has 1 aromatic carbocycles. The van der Waals surface area contributed by atoms with Crippen LogP contribution in [0.3, 0.4) is 0 Å². The van der Waals surface area contributed by atoms with E-state index in [1.54, 1.807) is 23.6 Å². The second kappa shape index (κ2) is 5.05. The number of nitrogens with zero attached hydrogens (tertiary/aromatic N) is 2. The van der Waals surface area contributed by atoms with Gasteiger partial charge >= 0.3 is 0 Å². The van der Waals surface area contributed by atoms with E-state index in [2.05, 4.69) is 15.3 Å². The smallest absolute Gasteiger partial charge is 0.150 e. The second-order valence-corrected chi connectivity index (χ2v) is 5.50. The lowest BCUT2D eigenvalue weighted by atomic mass is 10.1. The Labute approximate surface area is 119 Å². The Morgan fingerprint density at radius 3 is 3.05 bits per heavy atom. The quantitative estimate of drug-likeness (QED) is 0.726. The minimum Gasteiger partial charge on any atom is -0.398 e. The van der Waals surface area contributed by atoms with Crippen molar-refractivity contribution < 1.29 is 4.39 Å². The summed E-state index contributed by atoms with van der Waals surface area (Å²) in [7, 11) is 0. The molecule has 2 heterocycles. The summed E-state index contributed by atoms with van der Waals surface area (Å²) < 4.78 is 14.1. The van der Waals surface area contributed by atoms with Crippen LogP contribution in [0.25, 0.3) is 10.9 Å².